The van der Waals surface area contributed by atoms with Gasteiger partial charge in [-0.25, -0.2) is 9.67 Å². The molecule has 0 saturated heterocycles. The molecule has 1 heterocycles. The zero-order chi connectivity index (χ0) is 14.7. The minimum atomic E-state index is -1.26. The van der Waals surface area contributed by atoms with Gasteiger partial charge < -0.3 is 5.73 Å². The molecule has 0 spiro atoms. The average molecular weight is 313 g/mol. The van der Waals surface area contributed by atoms with E-state index < -0.39 is 10.8 Å². The van der Waals surface area contributed by atoms with Gasteiger partial charge in [0.15, 0.2) is 0 Å². The van der Waals surface area contributed by atoms with Crippen molar-refractivity contribution in [2.24, 2.45) is 5.92 Å². The lowest BCUT2D eigenvalue weighted by Crippen LogP contribution is -2.12. The maximum absolute atomic E-state index is 12.4. The highest BCUT2D eigenvalue weighted by molar-refractivity contribution is 7.84. The minimum absolute atomic E-state index is 0.290. The van der Waals surface area contributed by atoms with Crippen molar-refractivity contribution in [2.75, 3.05) is 5.73 Å². The molecule has 2 rings (SSSR count). The summed E-state index contributed by atoms with van der Waals surface area (Å²) in [5, 5.41) is 4.69. The number of hydrogen-bond donors (Lipinski definition) is 1. The molecule has 2 N–H and O–H groups in total. The largest absolute Gasteiger partial charge is 0.398 e. The van der Waals surface area contributed by atoms with Gasteiger partial charge in [-0.1, -0.05) is 25.4 Å². The smallest absolute Gasteiger partial charge is 0.139 e. The van der Waals surface area contributed by atoms with E-state index in [1.165, 1.54) is 6.33 Å². The summed E-state index contributed by atoms with van der Waals surface area (Å²) in [5.74, 6) is 1.44. The number of nitrogen functional groups attached to an aromatic ring is 1. The van der Waals surface area contributed by atoms with Crippen molar-refractivity contribution in [1.82, 2.24) is 14.8 Å². The summed E-state index contributed by atoms with van der Waals surface area (Å²) >= 11 is 5.84. The molecule has 0 aliphatic carbocycles. The Hall–Kier alpha value is -1.40. The van der Waals surface area contributed by atoms with Gasteiger partial charge in [-0.2, -0.15) is 5.10 Å². The van der Waals surface area contributed by atoms with E-state index in [0.29, 0.717) is 33.1 Å². The summed E-state index contributed by atoms with van der Waals surface area (Å²) < 4.78 is 14.2. The van der Waals surface area contributed by atoms with Crippen molar-refractivity contribution in [3.05, 3.63) is 35.4 Å². The van der Waals surface area contributed by atoms with E-state index in [1.54, 1.807) is 22.9 Å². The lowest BCUT2D eigenvalue weighted by molar-refractivity contribution is 0.471. The van der Waals surface area contributed by atoms with Crippen molar-refractivity contribution >= 4 is 28.1 Å². The Labute approximate surface area is 125 Å². The van der Waals surface area contributed by atoms with Gasteiger partial charge in [0, 0.05) is 17.3 Å². The molecule has 5 nitrogen and oxygen atoms in total. The van der Waals surface area contributed by atoms with Crippen molar-refractivity contribution in [3.8, 4) is 0 Å². The Morgan fingerprint density at radius 3 is 2.85 bits per heavy atom. The normalized spacial score (nSPS) is 12.8. The molecule has 1 unspecified atom stereocenters. The number of anilines is 1. The van der Waals surface area contributed by atoms with Crippen molar-refractivity contribution < 1.29 is 4.21 Å². The number of rotatable bonds is 5. The van der Waals surface area contributed by atoms with Gasteiger partial charge in [0.05, 0.1) is 21.4 Å². The van der Waals surface area contributed by atoms with Gasteiger partial charge in [-0.3, -0.25) is 4.21 Å². The average Bonchev–Trinajstić information content (AvgIpc) is 2.75. The quantitative estimate of drug-likeness (QED) is 0.861. The zero-order valence-electron chi connectivity index (χ0n) is 11.4. The van der Waals surface area contributed by atoms with Gasteiger partial charge in [0.1, 0.15) is 12.2 Å². The fourth-order valence-corrected chi connectivity index (χ4v) is 3.16. The van der Waals surface area contributed by atoms with Gasteiger partial charge in [-0.05, 0) is 24.1 Å². The lowest BCUT2D eigenvalue weighted by atomic mass is 10.2. The molecule has 0 aliphatic rings. The SMILES string of the molecule is CC(C)Cn1ncnc1CS(=O)c1ccc(Cl)cc1N. The first-order valence-electron chi connectivity index (χ1n) is 6.27. The fraction of sp³-hybridized carbons (Fsp3) is 0.385. The summed E-state index contributed by atoms with van der Waals surface area (Å²) in [5.41, 5.74) is 6.29. The number of hydrogen-bond acceptors (Lipinski definition) is 4. The number of aromatic nitrogens is 3. The molecule has 0 radical (unpaired) electrons. The summed E-state index contributed by atoms with van der Waals surface area (Å²) in [6.07, 6.45) is 1.49. The lowest BCUT2D eigenvalue weighted by Gasteiger charge is -2.09. The highest BCUT2D eigenvalue weighted by atomic mass is 35.5. The molecular formula is C13H17ClN4OS. The molecule has 1 atom stereocenters. The molecule has 7 heteroatoms. The number of benzene rings is 1. The van der Waals surface area contributed by atoms with E-state index in [0.717, 1.165) is 6.54 Å². The van der Waals surface area contributed by atoms with Gasteiger partial charge >= 0.3 is 0 Å². The van der Waals surface area contributed by atoms with E-state index in [4.69, 9.17) is 17.3 Å². The Bertz CT molecular complexity index is 627. The third kappa shape index (κ3) is 3.58. The van der Waals surface area contributed by atoms with Crippen LogP contribution in [0.15, 0.2) is 29.4 Å². The van der Waals surface area contributed by atoms with E-state index >= 15 is 0 Å². The molecule has 0 amide bonds. The van der Waals surface area contributed by atoms with Crippen molar-refractivity contribution in [3.63, 3.8) is 0 Å². The third-order valence-electron chi connectivity index (χ3n) is 2.71. The molecule has 0 bridgehead atoms. The van der Waals surface area contributed by atoms with Crippen LogP contribution in [0.1, 0.15) is 19.7 Å². The van der Waals surface area contributed by atoms with Crippen molar-refractivity contribution in [2.45, 2.75) is 31.0 Å². The molecule has 20 heavy (non-hydrogen) atoms. The summed E-state index contributed by atoms with van der Waals surface area (Å²) in [6.45, 7) is 4.95. The maximum Gasteiger partial charge on any atom is 0.139 e. The summed E-state index contributed by atoms with van der Waals surface area (Å²) in [4.78, 5) is 4.75. The third-order valence-corrected chi connectivity index (χ3v) is 4.33. The van der Waals surface area contributed by atoms with Crippen LogP contribution in [0.3, 0.4) is 0 Å². The number of halogens is 1. The maximum atomic E-state index is 12.4. The van der Waals surface area contributed by atoms with Crippen LogP contribution in [0.5, 0.6) is 0 Å². The van der Waals surface area contributed by atoms with E-state index in [1.807, 2.05) is 0 Å². The fourth-order valence-electron chi connectivity index (χ4n) is 1.82. The predicted octanol–water partition coefficient (Wildman–Crippen LogP) is 2.48. The Kier molecular flexibility index (Phi) is 4.77. The minimum Gasteiger partial charge on any atom is -0.398 e. The zero-order valence-corrected chi connectivity index (χ0v) is 13.0. The summed E-state index contributed by atoms with van der Waals surface area (Å²) in [6, 6.07) is 4.98. The van der Waals surface area contributed by atoms with E-state index in [2.05, 4.69) is 23.9 Å². The van der Waals surface area contributed by atoms with Crippen molar-refractivity contribution in [1.29, 1.82) is 0 Å². The van der Waals surface area contributed by atoms with Crippen LogP contribution in [-0.4, -0.2) is 19.0 Å². The first-order valence-corrected chi connectivity index (χ1v) is 7.97. The number of nitrogens with two attached hydrogens (primary N) is 1. The van der Waals surface area contributed by atoms with Crippen LogP contribution in [0.2, 0.25) is 5.02 Å². The van der Waals surface area contributed by atoms with Crippen LogP contribution >= 0.6 is 11.6 Å². The molecule has 108 valence electrons. The highest BCUT2D eigenvalue weighted by Gasteiger charge is 2.14. The van der Waals surface area contributed by atoms with E-state index in [9.17, 15) is 4.21 Å². The molecule has 1 aromatic heterocycles. The van der Waals surface area contributed by atoms with Crippen LogP contribution in [-0.2, 0) is 23.1 Å². The standard InChI is InChI=1S/C13H17ClN4OS/c1-9(2)6-18-13(16-8-17-18)7-20(19)12-4-3-10(14)5-11(12)15/h3-5,8-9H,6-7,15H2,1-2H3. The molecule has 0 fully saturated rings. The van der Waals surface area contributed by atoms with E-state index in [-0.39, 0.29) is 0 Å². The second-order valence-electron chi connectivity index (χ2n) is 4.92. The van der Waals surface area contributed by atoms with Crippen LogP contribution in [0.4, 0.5) is 5.69 Å². The monoisotopic (exact) mass is 312 g/mol. The molecule has 1 aromatic carbocycles. The topological polar surface area (TPSA) is 73.8 Å². The van der Waals surface area contributed by atoms with Gasteiger partial charge in [0.25, 0.3) is 0 Å². The molecule has 2 aromatic rings. The Balaban J connectivity index is 2.17. The number of nitrogens with zero attached hydrogens (tertiary/aromatic N) is 3. The first kappa shape index (κ1) is 15.0. The van der Waals surface area contributed by atoms with Gasteiger partial charge in [0.2, 0.25) is 0 Å². The Morgan fingerprint density at radius 1 is 1.45 bits per heavy atom. The Morgan fingerprint density at radius 2 is 2.20 bits per heavy atom. The highest BCUT2D eigenvalue weighted by Crippen LogP contribution is 2.22. The van der Waals surface area contributed by atoms with Crippen LogP contribution in [0.25, 0.3) is 0 Å². The summed E-state index contributed by atoms with van der Waals surface area (Å²) in [7, 11) is -1.26. The van der Waals surface area contributed by atoms with Crippen LogP contribution in [0, 0.1) is 5.92 Å². The predicted molar refractivity (Wildman–Crippen MR) is 80.8 cm³/mol. The molecule has 0 aliphatic heterocycles. The van der Waals surface area contributed by atoms with Gasteiger partial charge in [-0.15, -0.1) is 0 Å². The molecular weight excluding hydrogens is 296 g/mol. The molecule has 0 saturated carbocycles. The second-order valence-corrected chi connectivity index (χ2v) is 6.78. The second kappa shape index (κ2) is 6.37. The first-order chi connectivity index (χ1) is 9.47. The van der Waals surface area contributed by atoms with Crippen LogP contribution < -0.4 is 5.73 Å².